The van der Waals surface area contributed by atoms with Crippen LogP contribution in [0.4, 0.5) is 0 Å². The number of piperazine rings is 1. The van der Waals surface area contributed by atoms with Crippen molar-refractivity contribution in [3.63, 3.8) is 0 Å². The number of methoxy groups -OCH3 is 2. The molecule has 1 aliphatic heterocycles. The van der Waals surface area contributed by atoms with E-state index in [-0.39, 0.29) is 12.3 Å². The maximum atomic E-state index is 12.9. The molecule has 1 saturated heterocycles. The Bertz CT molecular complexity index is 1140. The second kappa shape index (κ2) is 9.21. The molecule has 0 radical (unpaired) electrons. The molecule has 0 unspecified atom stereocenters. The minimum Gasteiger partial charge on any atom is -0.497 e. The molecule has 166 valence electrons. The van der Waals surface area contributed by atoms with E-state index in [1.165, 1.54) is 0 Å². The molecule has 0 amide bonds. The highest BCUT2D eigenvalue weighted by molar-refractivity contribution is 7.89. The molecule has 1 aliphatic rings. The van der Waals surface area contributed by atoms with Crippen LogP contribution in [0.2, 0.25) is 0 Å². The molecule has 3 aromatic rings. The van der Waals surface area contributed by atoms with Crippen molar-refractivity contribution in [2.45, 2.75) is 13.1 Å². The van der Waals surface area contributed by atoms with Gasteiger partial charge in [0.05, 0.1) is 32.0 Å². The van der Waals surface area contributed by atoms with Gasteiger partial charge in [0.25, 0.3) is 0 Å². The molecule has 0 aliphatic carbocycles. The van der Waals surface area contributed by atoms with Crippen molar-refractivity contribution in [1.29, 1.82) is 0 Å². The second-order valence-corrected chi connectivity index (χ2v) is 9.56. The van der Waals surface area contributed by atoms with Gasteiger partial charge in [0.15, 0.2) is 0 Å². The molecule has 10 heteroatoms. The number of hydrogen-bond acceptors (Lipinski definition) is 7. The lowest BCUT2D eigenvalue weighted by Crippen LogP contribution is -2.49. The summed E-state index contributed by atoms with van der Waals surface area (Å²) in [5, 5.41) is 8.17. The van der Waals surface area contributed by atoms with Gasteiger partial charge in [-0.15, -0.1) is 5.10 Å². The van der Waals surface area contributed by atoms with Crippen molar-refractivity contribution in [2.24, 2.45) is 0 Å². The molecule has 0 bridgehead atoms. The van der Waals surface area contributed by atoms with E-state index in [1.807, 2.05) is 42.5 Å². The summed E-state index contributed by atoms with van der Waals surface area (Å²) in [5.74, 6) is 1.58. The predicted molar refractivity (Wildman–Crippen MR) is 118 cm³/mol. The summed E-state index contributed by atoms with van der Waals surface area (Å²) >= 11 is 0. The van der Waals surface area contributed by atoms with Crippen LogP contribution >= 0.6 is 0 Å². The van der Waals surface area contributed by atoms with Crippen LogP contribution in [0.1, 0.15) is 5.56 Å². The van der Waals surface area contributed by atoms with Gasteiger partial charge in [0, 0.05) is 38.3 Å². The summed E-state index contributed by atoms with van der Waals surface area (Å²) < 4.78 is 39.8. The zero-order valence-electron chi connectivity index (χ0n) is 17.8. The summed E-state index contributed by atoms with van der Waals surface area (Å²) in [7, 11) is -0.0913. The van der Waals surface area contributed by atoms with Crippen LogP contribution in [0.5, 0.6) is 11.5 Å². The largest absolute Gasteiger partial charge is 0.497 e. The van der Waals surface area contributed by atoms with Crippen molar-refractivity contribution >= 4 is 21.1 Å². The van der Waals surface area contributed by atoms with Gasteiger partial charge < -0.3 is 9.47 Å². The third-order valence-electron chi connectivity index (χ3n) is 5.59. The number of aryl methyl sites for hydroxylation is 1. The molecule has 1 aromatic heterocycles. The summed E-state index contributed by atoms with van der Waals surface area (Å²) in [6.07, 6.45) is 0. The molecule has 31 heavy (non-hydrogen) atoms. The fourth-order valence-electron chi connectivity index (χ4n) is 3.83. The monoisotopic (exact) mass is 445 g/mol. The fraction of sp³-hybridized carbons (Fsp3) is 0.429. The van der Waals surface area contributed by atoms with Gasteiger partial charge in [-0.3, -0.25) is 4.90 Å². The number of nitrogens with zero attached hydrogens (tertiary/aromatic N) is 5. The number of benzene rings is 2. The third kappa shape index (κ3) is 4.81. The predicted octanol–water partition coefficient (Wildman–Crippen LogP) is 1.60. The number of ether oxygens (including phenoxy) is 2. The van der Waals surface area contributed by atoms with E-state index >= 15 is 0 Å². The van der Waals surface area contributed by atoms with Crippen LogP contribution in [0.25, 0.3) is 11.0 Å². The Morgan fingerprint density at radius 3 is 2.52 bits per heavy atom. The maximum Gasteiger partial charge on any atom is 0.216 e. The Kier molecular flexibility index (Phi) is 6.40. The minimum atomic E-state index is -3.37. The van der Waals surface area contributed by atoms with Gasteiger partial charge in [-0.05, 0) is 30.3 Å². The van der Waals surface area contributed by atoms with Gasteiger partial charge in [0.2, 0.25) is 10.0 Å². The van der Waals surface area contributed by atoms with E-state index in [0.717, 1.165) is 28.1 Å². The van der Waals surface area contributed by atoms with Crippen molar-refractivity contribution in [3.05, 3.63) is 48.0 Å². The summed E-state index contributed by atoms with van der Waals surface area (Å²) in [6.45, 7) is 3.21. The number of hydrogen-bond donors (Lipinski definition) is 0. The Morgan fingerprint density at radius 1 is 1.00 bits per heavy atom. The first-order valence-corrected chi connectivity index (χ1v) is 11.8. The molecule has 1 fully saturated rings. The molecule has 2 heterocycles. The Hall–Kier alpha value is -2.69. The quantitative estimate of drug-likeness (QED) is 0.520. The van der Waals surface area contributed by atoms with Crippen LogP contribution in [-0.2, 0) is 23.1 Å². The lowest BCUT2D eigenvalue weighted by molar-refractivity contribution is 0.179. The molecule has 0 N–H and O–H groups in total. The van der Waals surface area contributed by atoms with Crippen LogP contribution in [0.3, 0.4) is 0 Å². The fourth-order valence-corrected chi connectivity index (χ4v) is 5.21. The highest BCUT2D eigenvalue weighted by atomic mass is 32.2. The Balaban J connectivity index is 1.34. The summed E-state index contributed by atoms with van der Waals surface area (Å²) in [6, 6.07) is 13.3. The normalized spacial score (nSPS) is 15.9. The van der Waals surface area contributed by atoms with Gasteiger partial charge >= 0.3 is 0 Å². The van der Waals surface area contributed by atoms with Crippen LogP contribution in [0, 0.1) is 0 Å². The Morgan fingerprint density at radius 2 is 1.77 bits per heavy atom. The topological polar surface area (TPSA) is 89.8 Å². The smallest absolute Gasteiger partial charge is 0.216 e. The van der Waals surface area contributed by atoms with Crippen LogP contribution in [-0.4, -0.2) is 78.8 Å². The number of aromatic nitrogens is 3. The van der Waals surface area contributed by atoms with E-state index in [2.05, 4.69) is 15.2 Å². The molecular weight excluding hydrogens is 418 g/mol. The average Bonchev–Trinajstić information content (AvgIpc) is 3.21. The molecule has 0 saturated carbocycles. The maximum absolute atomic E-state index is 12.9. The number of fused-ring (bicyclic) bond motifs is 1. The van der Waals surface area contributed by atoms with E-state index < -0.39 is 10.0 Å². The molecule has 0 atom stereocenters. The number of sulfonamides is 1. The van der Waals surface area contributed by atoms with Crippen LogP contribution in [0.15, 0.2) is 42.5 Å². The first kappa shape index (κ1) is 21.5. The standard InChI is InChI=1S/C21H27N5O4S/c1-29-18-7-8-21(30-2)17(15-18)16-24-9-11-25(12-10-24)31(27,28)14-13-26-20-6-4-3-5-19(20)22-23-26/h3-8,15H,9-14,16H2,1-2H3. The number of para-hydroxylation sites is 1. The van der Waals surface area contributed by atoms with Crippen molar-refractivity contribution < 1.29 is 17.9 Å². The lowest BCUT2D eigenvalue weighted by Gasteiger charge is -2.34. The van der Waals surface area contributed by atoms with Crippen molar-refractivity contribution in [3.8, 4) is 11.5 Å². The first-order chi connectivity index (χ1) is 15.0. The summed E-state index contributed by atoms with van der Waals surface area (Å²) in [5.41, 5.74) is 2.63. The van der Waals surface area contributed by atoms with Crippen LogP contribution < -0.4 is 9.47 Å². The van der Waals surface area contributed by atoms with E-state index in [9.17, 15) is 8.42 Å². The zero-order chi connectivity index (χ0) is 21.8. The third-order valence-corrected chi connectivity index (χ3v) is 7.44. The Labute approximate surface area is 182 Å². The second-order valence-electron chi connectivity index (χ2n) is 7.47. The molecule has 2 aromatic carbocycles. The number of rotatable bonds is 8. The molecule has 4 rings (SSSR count). The highest BCUT2D eigenvalue weighted by Crippen LogP contribution is 2.26. The first-order valence-electron chi connectivity index (χ1n) is 10.2. The molecule has 9 nitrogen and oxygen atoms in total. The summed E-state index contributed by atoms with van der Waals surface area (Å²) in [4.78, 5) is 2.23. The minimum absolute atomic E-state index is 0.00403. The zero-order valence-corrected chi connectivity index (χ0v) is 18.6. The van der Waals surface area contributed by atoms with Gasteiger partial charge in [-0.1, -0.05) is 17.3 Å². The van der Waals surface area contributed by atoms with Gasteiger partial charge in [0.1, 0.15) is 17.0 Å². The molecule has 0 spiro atoms. The van der Waals surface area contributed by atoms with E-state index in [1.54, 1.807) is 23.2 Å². The SMILES string of the molecule is COc1ccc(OC)c(CN2CCN(S(=O)(=O)CCn3nnc4ccccc43)CC2)c1. The molecular formula is C21H27N5O4S. The van der Waals surface area contributed by atoms with Gasteiger partial charge in [-0.25, -0.2) is 13.1 Å². The lowest BCUT2D eigenvalue weighted by atomic mass is 10.1. The van der Waals surface area contributed by atoms with Crippen molar-refractivity contribution in [2.75, 3.05) is 46.2 Å². The van der Waals surface area contributed by atoms with Gasteiger partial charge in [-0.2, -0.15) is 4.31 Å². The van der Waals surface area contributed by atoms with Crippen molar-refractivity contribution in [1.82, 2.24) is 24.2 Å². The average molecular weight is 446 g/mol. The van der Waals surface area contributed by atoms with E-state index in [4.69, 9.17) is 9.47 Å². The highest BCUT2D eigenvalue weighted by Gasteiger charge is 2.27. The van der Waals surface area contributed by atoms with E-state index in [0.29, 0.717) is 32.7 Å².